The number of nitrogens with two attached hydrogens (primary N) is 1. The standard InChI is InChI=1S/C16H26N4O/c1-7-8-9-14(10-19-11(2)3)15(18-6)12(4)13(5)20-16(17)21/h8-10H,7H2,1-6H3,(H3,17,20,21)/b9-8-,13-12+,14-10+,18-15+. The molecule has 0 atom stereocenters. The molecule has 3 N–H and O–H groups in total. The highest BCUT2D eigenvalue weighted by molar-refractivity contribution is 6.14. The maximum atomic E-state index is 11.0. The van der Waals surface area contributed by atoms with Crippen LogP contribution in [0.5, 0.6) is 0 Å². The monoisotopic (exact) mass is 290 g/mol. The Balaban J connectivity index is 5.74. The van der Waals surface area contributed by atoms with Crippen LogP contribution in [0.15, 0.2) is 45.2 Å². The molecule has 116 valence electrons. The summed E-state index contributed by atoms with van der Waals surface area (Å²) in [6, 6.07) is -0.584. The quantitative estimate of drug-likeness (QED) is 0.571. The molecular weight excluding hydrogens is 264 g/mol. The molecule has 0 bridgehead atoms. The zero-order valence-electron chi connectivity index (χ0n) is 13.8. The molecule has 0 aromatic heterocycles. The minimum Gasteiger partial charge on any atom is -0.351 e. The number of primary amides is 1. The molecule has 0 rings (SSSR count). The van der Waals surface area contributed by atoms with Gasteiger partial charge in [-0.3, -0.25) is 9.98 Å². The highest BCUT2D eigenvalue weighted by atomic mass is 16.2. The van der Waals surface area contributed by atoms with Gasteiger partial charge in [0.15, 0.2) is 0 Å². The van der Waals surface area contributed by atoms with Crippen LogP contribution in [0.4, 0.5) is 4.79 Å². The van der Waals surface area contributed by atoms with Crippen molar-refractivity contribution in [3.8, 4) is 0 Å². The van der Waals surface area contributed by atoms with E-state index in [-0.39, 0.29) is 0 Å². The zero-order chi connectivity index (χ0) is 16.4. The molecule has 0 saturated heterocycles. The summed E-state index contributed by atoms with van der Waals surface area (Å²) in [5.41, 5.74) is 9.31. The number of rotatable bonds is 6. The first kappa shape index (κ1) is 18.8. The topological polar surface area (TPSA) is 79.8 Å². The summed E-state index contributed by atoms with van der Waals surface area (Å²) in [6.45, 7) is 9.62. The predicted octanol–water partition coefficient (Wildman–Crippen LogP) is 3.35. The number of urea groups is 1. The molecule has 0 radical (unpaired) electrons. The lowest BCUT2D eigenvalue weighted by atomic mass is 10.0. The van der Waals surface area contributed by atoms with E-state index in [1.54, 1.807) is 20.2 Å². The third-order valence-corrected chi connectivity index (χ3v) is 2.72. The number of carbonyl (C=O) groups is 1. The molecule has 21 heavy (non-hydrogen) atoms. The van der Waals surface area contributed by atoms with Crippen molar-refractivity contribution in [2.45, 2.75) is 41.0 Å². The van der Waals surface area contributed by atoms with Gasteiger partial charge in [-0.1, -0.05) is 19.1 Å². The van der Waals surface area contributed by atoms with Crippen molar-refractivity contribution < 1.29 is 4.79 Å². The number of nitrogens with zero attached hydrogens (tertiary/aromatic N) is 2. The SMILES string of the molecule is CC\C=C/C(=C\N=C(C)C)C(=N/C)/C(C)=C(\C)NC(N)=O. The maximum Gasteiger partial charge on any atom is 0.316 e. The van der Waals surface area contributed by atoms with Crippen LogP contribution in [0.3, 0.4) is 0 Å². The van der Waals surface area contributed by atoms with Crippen LogP contribution < -0.4 is 11.1 Å². The summed E-state index contributed by atoms with van der Waals surface area (Å²) in [5.74, 6) is 0. The van der Waals surface area contributed by atoms with Crippen molar-refractivity contribution in [1.29, 1.82) is 0 Å². The van der Waals surface area contributed by atoms with Gasteiger partial charge in [0, 0.05) is 30.2 Å². The van der Waals surface area contributed by atoms with E-state index < -0.39 is 6.03 Å². The van der Waals surface area contributed by atoms with Crippen LogP contribution >= 0.6 is 0 Å². The third-order valence-electron chi connectivity index (χ3n) is 2.72. The number of carbonyl (C=O) groups excluding carboxylic acids is 1. The summed E-state index contributed by atoms with van der Waals surface area (Å²) in [7, 11) is 1.71. The Hall–Kier alpha value is -2.17. The Morgan fingerprint density at radius 2 is 1.86 bits per heavy atom. The van der Waals surface area contributed by atoms with Crippen molar-refractivity contribution in [3.63, 3.8) is 0 Å². The lowest BCUT2D eigenvalue weighted by Gasteiger charge is -2.11. The molecule has 0 aliphatic carbocycles. The third kappa shape index (κ3) is 7.25. The number of hydrogen-bond acceptors (Lipinski definition) is 3. The molecule has 0 aliphatic rings. The lowest BCUT2D eigenvalue weighted by Crippen LogP contribution is -2.29. The number of nitrogens with one attached hydrogen (secondary N) is 1. The number of amides is 2. The van der Waals surface area contributed by atoms with Gasteiger partial charge in [-0.25, -0.2) is 4.79 Å². The molecule has 5 nitrogen and oxygen atoms in total. The van der Waals surface area contributed by atoms with E-state index in [4.69, 9.17) is 5.73 Å². The zero-order valence-corrected chi connectivity index (χ0v) is 13.8. The highest BCUT2D eigenvalue weighted by Crippen LogP contribution is 2.13. The second-order valence-electron chi connectivity index (χ2n) is 4.78. The van der Waals surface area contributed by atoms with Crippen molar-refractivity contribution in [2.24, 2.45) is 15.7 Å². The summed E-state index contributed by atoms with van der Waals surface area (Å²) in [6.07, 6.45) is 6.73. The van der Waals surface area contributed by atoms with Gasteiger partial charge < -0.3 is 11.1 Å². The fourth-order valence-electron chi connectivity index (χ4n) is 1.60. The second kappa shape index (κ2) is 9.69. The highest BCUT2D eigenvalue weighted by Gasteiger charge is 2.10. The van der Waals surface area contributed by atoms with Gasteiger partial charge in [-0.2, -0.15) is 0 Å². The summed E-state index contributed by atoms with van der Waals surface area (Å²) < 4.78 is 0. The average Bonchev–Trinajstić information content (AvgIpc) is 2.40. The minimum absolute atomic E-state index is 0.584. The van der Waals surface area contributed by atoms with Crippen LogP contribution in [0.25, 0.3) is 0 Å². The van der Waals surface area contributed by atoms with Crippen molar-refractivity contribution in [1.82, 2.24) is 5.32 Å². The van der Waals surface area contributed by atoms with Crippen molar-refractivity contribution in [3.05, 3.63) is 35.2 Å². The molecule has 0 saturated carbocycles. The first-order valence-electron chi connectivity index (χ1n) is 6.92. The lowest BCUT2D eigenvalue weighted by molar-refractivity contribution is 0.251. The molecule has 0 aromatic carbocycles. The molecule has 2 amide bonds. The van der Waals surface area contributed by atoms with Gasteiger partial charge in [0.2, 0.25) is 0 Å². The summed E-state index contributed by atoms with van der Waals surface area (Å²) >= 11 is 0. The molecular formula is C16H26N4O. The van der Waals surface area contributed by atoms with E-state index in [0.717, 1.165) is 29.0 Å². The van der Waals surface area contributed by atoms with E-state index in [0.29, 0.717) is 5.70 Å². The Morgan fingerprint density at radius 1 is 1.24 bits per heavy atom. The summed E-state index contributed by atoms with van der Waals surface area (Å²) in [5, 5.41) is 2.58. The van der Waals surface area contributed by atoms with Crippen LogP contribution in [-0.2, 0) is 0 Å². The van der Waals surface area contributed by atoms with Gasteiger partial charge in [-0.15, -0.1) is 0 Å². The number of aliphatic imine (C=N–C) groups is 2. The Kier molecular flexibility index (Phi) is 8.69. The maximum absolute atomic E-state index is 11.0. The van der Waals surface area contributed by atoms with Gasteiger partial charge >= 0.3 is 6.03 Å². The van der Waals surface area contributed by atoms with Crippen LogP contribution in [-0.4, -0.2) is 24.5 Å². The van der Waals surface area contributed by atoms with E-state index >= 15 is 0 Å². The first-order valence-corrected chi connectivity index (χ1v) is 6.92. The van der Waals surface area contributed by atoms with Gasteiger partial charge in [0.05, 0.1) is 5.71 Å². The van der Waals surface area contributed by atoms with Gasteiger partial charge in [-0.05, 0) is 39.7 Å². The average molecular weight is 290 g/mol. The molecule has 0 aromatic rings. The van der Waals surface area contributed by atoms with Crippen LogP contribution in [0.2, 0.25) is 0 Å². The normalized spacial score (nSPS) is 14.0. The molecule has 0 heterocycles. The van der Waals surface area contributed by atoms with E-state index in [2.05, 4.69) is 22.2 Å². The van der Waals surface area contributed by atoms with Crippen LogP contribution in [0, 0.1) is 0 Å². The number of allylic oxidation sites excluding steroid dienone is 5. The molecule has 5 heteroatoms. The van der Waals surface area contributed by atoms with E-state index in [1.165, 1.54) is 0 Å². The van der Waals surface area contributed by atoms with Crippen molar-refractivity contribution >= 4 is 17.5 Å². The Bertz CT molecular complexity index is 518. The smallest absolute Gasteiger partial charge is 0.316 e. The van der Waals surface area contributed by atoms with Crippen molar-refractivity contribution in [2.75, 3.05) is 7.05 Å². The minimum atomic E-state index is -0.584. The molecule has 0 spiro atoms. The predicted molar refractivity (Wildman–Crippen MR) is 90.7 cm³/mol. The number of hydrogen-bond donors (Lipinski definition) is 2. The summed E-state index contributed by atoms with van der Waals surface area (Å²) in [4.78, 5) is 19.6. The first-order chi connectivity index (χ1) is 9.83. The molecule has 0 aliphatic heterocycles. The van der Waals surface area contributed by atoms with E-state index in [1.807, 2.05) is 32.9 Å². The van der Waals surface area contributed by atoms with E-state index in [9.17, 15) is 4.79 Å². The fraction of sp³-hybridized carbons (Fsp3) is 0.438. The largest absolute Gasteiger partial charge is 0.351 e. The molecule has 0 unspecified atom stereocenters. The fourth-order valence-corrected chi connectivity index (χ4v) is 1.60. The second-order valence-corrected chi connectivity index (χ2v) is 4.78. The van der Waals surface area contributed by atoms with Gasteiger partial charge in [0.25, 0.3) is 0 Å². The Labute approximate surface area is 127 Å². The Morgan fingerprint density at radius 3 is 2.29 bits per heavy atom. The van der Waals surface area contributed by atoms with Gasteiger partial charge in [0.1, 0.15) is 0 Å². The van der Waals surface area contributed by atoms with Crippen LogP contribution in [0.1, 0.15) is 41.0 Å². The molecule has 0 fully saturated rings.